The molecule has 3 N–H and O–H groups in total. The summed E-state index contributed by atoms with van der Waals surface area (Å²) in [5, 5.41) is 8.65. The number of nitrogens with one attached hydrogen (secondary N) is 3. The lowest BCUT2D eigenvalue weighted by Gasteiger charge is -2.10. The number of carbonyl (C=O) groups is 2. The van der Waals surface area contributed by atoms with E-state index in [0.29, 0.717) is 17.8 Å². The molecule has 0 aliphatic heterocycles. The number of benzene rings is 2. The second kappa shape index (κ2) is 7.98. The molecular formula is C18H21N3O2. The summed E-state index contributed by atoms with van der Waals surface area (Å²) in [5.41, 5.74) is 3.36. The van der Waals surface area contributed by atoms with Crippen LogP contribution in [0.15, 0.2) is 48.5 Å². The molecule has 0 spiro atoms. The Labute approximate surface area is 136 Å². The van der Waals surface area contributed by atoms with Gasteiger partial charge >= 0.3 is 0 Å². The van der Waals surface area contributed by atoms with Crippen molar-refractivity contribution in [2.75, 3.05) is 22.5 Å². The summed E-state index contributed by atoms with van der Waals surface area (Å²) in [4.78, 5) is 23.4. The predicted octanol–water partition coefficient (Wildman–Crippen LogP) is 3.39. The lowest BCUT2D eigenvalue weighted by molar-refractivity contribution is -0.116. The van der Waals surface area contributed by atoms with Crippen molar-refractivity contribution in [3.05, 3.63) is 54.1 Å². The highest BCUT2D eigenvalue weighted by molar-refractivity contribution is 5.95. The van der Waals surface area contributed by atoms with Gasteiger partial charge in [0, 0.05) is 23.5 Å². The van der Waals surface area contributed by atoms with E-state index in [1.807, 2.05) is 31.2 Å². The average Bonchev–Trinajstić information content (AvgIpc) is 2.53. The van der Waals surface area contributed by atoms with E-state index in [1.54, 1.807) is 31.2 Å². The highest BCUT2D eigenvalue weighted by atomic mass is 16.2. The number of rotatable bonds is 6. The van der Waals surface area contributed by atoms with E-state index < -0.39 is 0 Å². The molecule has 0 atom stereocenters. The van der Waals surface area contributed by atoms with E-state index in [-0.39, 0.29) is 18.4 Å². The van der Waals surface area contributed by atoms with E-state index in [9.17, 15) is 9.59 Å². The van der Waals surface area contributed by atoms with E-state index in [1.165, 1.54) is 0 Å². The van der Waals surface area contributed by atoms with Crippen LogP contribution < -0.4 is 16.0 Å². The van der Waals surface area contributed by atoms with Gasteiger partial charge < -0.3 is 16.0 Å². The zero-order chi connectivity index (χ0) is 16.7. The summed E-state index contributed by atoms with van der Waals surface area (Å²) >= 11 is 0. The molecule has 23 heavy (non-hydrogen) atoms. The van der Waals surface area contributed by atoms with Crippen molar-refractivity contribution in [2.45, 2.75) is 20.3 Å². The lowest BCUT2D eigenvalue weighted by atomic mass is 10.2. The topological polar surface area (TPSA) is 70.2 Å². The quantitative estimate of drug-likeness (QED) is 0.766. The maximum atomic E-state index is 12.0. The van der Waals surface area contributed by atoms with E-state index in [4.69, 9.17) is 0 Å². The summed E-state index contributed by atoms with van der Waals surface area (Å²) in [6, 6.07) is 14.9. The van der Waals surface area contributed by atoms with E-state index in [0.717, 1.165) is 11.3 Å². The third kappa shape index (κ3) is 5.47. The number of amides is 2. The van der Waals surface area contributed by atoms with Gasteiger partial charge in [0.05, 0.1) is 6.54 Å². The molecule has 0 aromatic heterocycles. The van der Waals surface area contributed by atoms with Crippen LogP contribution in [0, 0.1) is 6.92 Å². The fourth-order valence-electron chi connectivity index (χ4n) is 2.07. The van der Waals surface area contributed by atoms with Gasteiger partial charge in [-0.3, -0.25) is 9.59 Å². The Morgan fingerprint density at radius 2 is 1.48 bits per heavy atom. The molecule has 2 amide bonds. The fraction of sp³-hybridized carbons (Fsp3) is 0.222. The first-order valence-electron chi connectivity index (χ1n) is 7.57. The lowest BCUT2D eigenvalue weighted by Crippen LogP contribution is -2.21. The molecule has 0 saturated carbocycles. The molecule has 0 saturated heterocycles. The Bertz CT molecular complexity index is 698. The van der Waals surface area contributed by atoms with Crippen molar-refractivity contribution in [2.24, 2.45) is 0 Å². The van der Waals surface area contributed by atoms with Gasteiger partial charge in [0.15, 0.2) is 0 Å². The van der Waals surface area contributed by atoms with Crippen molar-refractivity contribution in [1.82, 2.24) is 0 Å². The largest absolute Gasteiger partial charge is 0.376 e. The molecule has 0 heterocycles. The number of hydrogen-bond donors (Lipinski definition) is 3. The van der Waals surface area contributed by atoms with Gasteiger partial charge in [0.25, 0.3) is 0 Å². The standard InChI is InChI=1S/C18H21N3O2/c1-3-17(22)20-15-8-5-9-16(11-15)21-18(23)12-19-14-7-4-6-13(2)10-14/h4-11,19H,3,12H2,1-2H3,(H,20,22)(H,21,23). The highest BCUT2D eigenvalue weighted by Gasteiger charge is 2.04. The Balaban J connectivity index is 1.90. The van der Waals surface area contributed by atoms with Crippen molar-refractivity contribution >= 4 is 28.9 Å². The molecule has 2 rings (SSSR count). The third-order valence-corrected chi connectivity index (χ3v) is 3.22. The minimum atomic E-state index is -0.148. The first-order chi connectivity index (χ1) is 11.1. The van der Waals surface area contributed by atoms with Gasteiger partial charge in [-0.1, -0.05) is 25.1 Å². The molecule has 5 nitrogen and oxygen atoms in total. The van der Waals surface area contributed by atoms with Crippen molar-refractivity contribution < 1.29 is 9.59 Å². The van der Waals surface area contributed by atoms with Crippen LogP contribution in [0.5, 0.6) is 0 Å². The minimum Gasteiger partial charge on any atom is -0.376 e. The van der Waals surface area contributed by atoms with Gasteiger partial charge in [-0.2, -0.15) is 0 Å². The maximum Gasteiger partial charge on any atom is 0.243 e. The summed E-state index contributed by atoms with van der Waals surface area (Å²) in [6.07, 6.45) is 0.414. The number of hydrogen-bond acceptors (Lipinski definition) is 3. The summed E-state index contributed by atoms with van der Waals surface area (Å²) in [5.74, 6) is -0.208. The van der Waals surface area contributed by atoms with Gasteiger partial charge in [-0.25, -0.2) is 0 Å². The highest BCUT2D eigenvalue weighted by Crippen LogP contribution is 2.15. The van der Waals surface area contributed by atoms with Crippen LogP contribution in [-0.4, -0.2) is 18.4 Å². The Kier molecular flexibility index (Phi) is 5.74. The van der Waals surface area contributed by atoms with Crippen LogP contribution in [0.2, 0.25) is 0 Å². The summed E-state index contributed by atoms with van der Waals surface area (Å²) in [7, 11) is 0. The van der Waals surface area contributed by atoms with E-state index in [2.05, 4.69) is 16.0 Å². The summed E-state index contributed by atoms with van der Waals surface area (Å²) < 4.78 is 0. The number of anilines is 3. The van der Waals surface area contributed by atoms with Crippen LogP contribution in [-0.2, 0) is 9.59 Å². The van der Waals surface area contributed by atoms with Crippen molar-refractivity contribution in [3.8, 4) is 0 Å². The molecule has 2 aromatic carbocycles. The van der Waals surface area contributed by atoms with Gasteiger partial charge in [0.1, 0.15) is 0 Å². The number of carbonyl (C=O) groups excluding carboxylic acids is 2. The van der Waals surface area contributed by atoms with Crippen LogP contribution in [0.4, 0.5) is 17.1 Å². The van der Waals surface area contributed by atoms with Crippen molar-refractivity contribution in [3.63, 3.8) is 0 Å². The third-order valence-electron chi connectivity index (χ3n) is 3.22. The zero-order valence-electron chi connectivity index (χ0n) is 13.3. The maximum absolute atomic E-state index is 12.0. The minimum absolute atomic E-state index is 0.0606. The monoisotopic (exact) mass is 311 g/mol. The predicted molar refractivity (Wildman–Crippen MR) is 93.7 cm³/mol. The molecule has 0 unspecified atom stereocenters. The van der Waals surface area contributed by atoms with Crippen molar-refractivity contribution in [1.29, 1.82) is 0 Å². The Morgan fingerprint density at radius 3 is 2.13 bits per heavy atom. The van der Waals surface area contributed by atoms with Gasteiger partial charge in [0.2, 0.25) is 11.8 Å². The SMILES string of the molecule is CCC(=O)Nc1cccc(NC(=O)CNc2cccc(C)c2)c1. The Hall–Kier alpha value is -2.82. The van der Waals surface area contributed by atoms with Crippen LogP contribution >= 0.6 is 0 Å². The summed E-state index contributed by atoms with van der Waals surface area (Å²) in [6.45, 7) is 3.97. The first-order valence-corrected chi connectivity index (χ1v) is 7.57. The second-order valence-electron chi connectivity index (χ2n) is 5.25. The molecule has 0 aliphatic carbocycles. The fourth-order valence-corrected chi connectivity index (χ4v) is 2.07. The number of aryl methyl sites for hydroxylation is 1. The molecule has 0 bridgehead atoms. The molecule has 120 valence electrons. The van der Waals surface area contributed by atoms with Crippen LogP contribution in [0.1, 0.15) is 18.9 Å². The van der Waals surface area contributed by atoms with Gasteiger partial charge in [-0.05, 0) is 42.8 Å². The van der Waals surface area contributed by atoms with Crippen LogP contribution in [0.25, 0.3) is 0 Å². The first kappa shape index (κ1) is 16.5. The Morgan fingerprint density at radius 1 is 0.870 bits per heavy atom. The molecule has 5 heteroatoms. The smallest absolute Gasteiger partial charge is 0.243 e. The molecule has 0 aliphatic rings. The zero-order valence-corrected chi connectivity index (χ0v) is 13.3. The molecule has 0 radical (unpaired) electrons. The normalized spacial score (nSPS) is 10.0. The second-order valence-corrected chi connectivity index (χ2v) is 5.25. The molecule has 2 aromatic rings. The average molecular weight is 311 g/mol. The van der Waals surface area contributed by atoms with Crippen LogP contribution in [0.3, 0.4) is 0 Å². The van der Waals surface area contributed by atoms with E-state index >= 15 is 0 Å². The molecular weight excluding hydrogens is 290 g/mol. The van der Waals surface area contributed by atoms with Gasteiger partial charge in [-0.15, -0.1) is 0 Å². The molecule has 0 fully saturated rings.